The maximum Gasteiger partial charge on any atom is 0.225 e. The molecule has 1 heterocycles. The average molecular weight is 240 g/mol. The molecule has 0 aromatic carbocycles. The molecule has 0 bridgehead atoms. The second kappa shape index (κ2) is 4.94. The Labute approximate surface area is 103 Å². The van der Waals surface area contributed by atoms with Gasteiger partial charge in [-0.25, -0.2) is 0 Å². The highest BCUT2D eigenvalue weighted by molar-refractivity contribution is 5.79. The molecule has 2 aliphatic rings. The monoisotopic (exact) mass is 240 g/mol. The van der Waals surface area contributed by atoms with Crippen molar-refractivity contribution in [3.63, 3.8) is 0 Å². The van der Waals surface area contributed by atoms with Gasteiger partial charge < -0.3 is 15.7 Å². The number of likely N-dealkylation sites (tertiary alicyclic amines) is 1. The van der Waals surface area contributed by atoms with E-state index in [1.807, 2.05) is 11.8 Å². The molecule has 1 saturated carbocycles. The van der Waals surface area contributed by atoms with E-state index < -0.39 is 5.60 Å². The van der Waals surface area contributed by atoms with E-state index in [0.29, 0.717) is 6.54 Å². The van der Waals surface area contributed by atoms with Crippen molar-refractivity contribution >= 4 is 5.91 Å². The zero-order valence-electron chi connectivity index (χ0n) is 10.7. The van der Waals surface area contributed by atoms with E-state index in [1.54, 1.807) is 0 Å². The molecule has 1 aliphatic carbocycles. The average Bonchev–Trinajstić information content (AvgIpc) is 2.28. The summed E-state index contributed by atoms with van der Waals surface area (Å²) in [5.74, 6) is 0.376. The van der Waals surface area contributed by atoms with Crippen LogP contribution in [0.2, 0.25) is 0 Å². The predicted molar refractivity (Wildman–Crippen MR) is 66.4 cm³/mol. The van der Waals surface area contributed by atoms with Gasteiger partial charge in [0.15, 0.2) is 0 Å². The molecule has 0 aromatic heterocycles. The zero-order valence-corrected chi connectivity index (χ0v) is 10.7. The van der Waals surface area contributed by atoms with E-state index in [1.165, 1.54) is 0 Å². The maximum absolute atomic E-state index is 12.3. The zero-order chi connectivity index (χ0) is 12.5. The summed E-state index contributed by atoms with van der Waals surface area (Å²) in [6, 6.07) is 0.281. The van der Waals surface area contributed by atoms with Crippen LogP contribution < -0.4 is 5.73 Å². The first-order valence-electron chi connectivity index (χ1n) is 6.75. The van der Waals surface area contributed by atoms with Crippen molar-refractivity contribution in [2.24, 2.45) is 11.7 Å². The van der Waals surface area contributed by atoms with E-state index >= 15 is 0 Å². The Hall–Kier alpha value is -0.610. The Morgan fingerprint density at radius 2 is 2.00 bits per heavy atom. The standard InChI is InChI=1S/C13H24N2O2/c1-13(17)7-2-8-15(9-13)12(16)10-3-5-11(14)6-4-10/h10-11,17H,2-9,14H2,1H3. The third-order valence-corrected chi connectivity index (χ3v) is 4.11. The van der Waals surface area contributed by atoms with Crippen molar-refractivity contribution in [2.75, 3.05) is 13.1 Å². The van der Waals surface area contributed by atoms with Crippen molar-refractivity contribution in [1.29, 1.82) is 0 Å². The van der Waals surface area contributed by atoms with Crippen LogP contribution in [-0.4, -0.2) is 40.6 Å². The number of β-amino-alcohol motifs (C(OH)–C–C–N with tert-alkyl or cyclic N) is 1. The van der Waals surface area contributed by atoms with Crippen molar-refractivity contribution in [1.82, 2.24) is 4.90 Å². The maximum atomic E-state index is 12.3. The first kappa shape index (κ1) is 12.8. The second-order valence-electron chi connectivity index (χ2n) is 5.97. The number of nitrogens with zero attached hydrogens (tertiary/aromatic N) is 1. The Kier molecular flexibility index (Phi) is 3.73. The molecule has 17 heavy (non-hydrogen) atoms. The van der Waals surface area contributed by atoms with Gasteiger partial charge in [0.2, 0.25) is 5.91 Å². The van der Waals surface area contributed by atoms with Crippen LogP contribution >= 0.6 is 0 Å². The largest absolute Gasteiger partial charge is 0.388 e. The van der Waals surface area contributed by atoms with E-state index in [-0.39, 0.29) is 17.9 Å². The molecule has 0 spiro atoms. The number of hydrogen-bond donors (Lipinski definition) is 2. The highest BCUT2D eigenvalue weighted by Gasteiger charge is 2.34. The van der Waals surface area contributed by atoms with E-state index in [9.17, 15) is 9.90 Å². The Bertz CT molecular complexity index is 283. The third-order valence-electron chi connectivity index (χ3n) is 4.11. The van der Waals surface area contributed by atoms with Gasteiger partial charge in [-0.1, -0.05) is 0 Å². The number of aliphatic hydroxyl groups is 1. The summed E-state index contributed by atoms with van der Waals surface area (Å²) in [5.41, 5.74) is 5.16. The molecule has 4 heteroatoms. The van der Waals surface area contributed by atoms with Gasteiger partial charge in [0.1, 0.15) is 0 Å². The van der Waals surface area contributed by atoms with Crippen LogP contribution in [-0.2, 0) is 4.79 Å². The number of carbonyl (C=O) groups excluding carboxylic acids is 1. The van der Waals surface area contributed by atoms with Crippen LogP contribution in [0.5, 0.6) is 0 Å². The molecule has 1 atom stereocenters. The molecule has 0 aromatic rings. The van der Waals surface area contributed by atoms with Crippen molar-refractivity contribution in [3.05, 3.63) is 0 Å². The molecule has 1 saturated heterocycles. The van der Waals surface area contributed by atoms with Gasteiger partial charge in [-0.15, -0.1) is 0 Å². The molecular formula is C13H24N2O2. The fourth-order valence-electron chi connectivity index (χ4n) is 3.03. The predicted octanol–water partition coefficient (Wildman–Crippen LogP) is 0.877. The van der Waals surface area contributed by atoms with Crippen LogP contribution in [0.3, 0.4) is 0 Å². The third kappa shape index (κ3) is 3.19. The van der Waals surface area contributed by atoms with Crippen LogP contribution in [0.4, 0.5) is 0 Å². The summed E-state index contributed by atoms with van der Waals surface area (Å²) in [5, 5.41) is 10.0. The smallest absolute Gasteiger partial charge is 0.225 e. The van der Waals surface area contributed by atoms with Crippen LogP contribution in [0.15, 0.2) is 0 Å². The molecule has 4 nitrogen and oxygen atoms in total. The fourth-order valence-corrected chi connectivity index (χ4v) is 3.03. The molecule has 2 rings (SSSR count). The van der Waals surface area contributed by atoms with Crippen molar-refractivity contribution in [2.45, 2.75) is 57.1 Å². The summed E-state index contributed by atoms with van der Waals surface area (Å²) in [4.78, 5) is 14.2. The normalized spacial score (nSPS) is 39.1. The molecule has 1 amide bonds. The minimum absolute atomic E-state index is 0.142. The SMILES string of the molecule is CC1(O)CCCN(C(=O)C2CCC(N)CC2)C1. The van der Waals surface area contributed by atoms with Gasteiger partial charge in [0.05, 0.1) is 5.60 Å². The van der Waals surface area contributed by atoms with E-state index in [2.05, 4.69) is 0 Å². The van der Waals surface area contributed by atoms with Gasteiger partial charge in [-0.2, -0.15) is 0 Å². The molecule has 2 fully saturated rings. The number of rotatable bonds is 1. The van der Waals surface area contributed by atoms with Crippen LogP contribution in [0.1, 0.15) is 45.4 Å². The summed E-state index contributed by atoms with van der Waals surface area (Å²) in [6.45, 7) is 3.12. The quantitative estimate of drug-likeness (QED) is 0.715. The topological polar surface area (TPSA) is 66.6 Å². The Balaban J connectivity index is 1.91. The molecular weight excluding hydrogens is 216 g/mol. The van der Waals surface area contributed by atoms with Crippen molar-refractivity contribution < 1.29 is 9.90 Å². The molecule has 3 N–H and O–H groups in total. The Morgan fingerprint density at radius 1 is 1.35 bits per heavy atom. The summed E-state index contributed by atoms with van der Waals surface area (Å²) >= 11 is 0. The van der Waals surface area contributed by atoms with Crippen LogP contribution in [0, 0.1) is 5.92 Å². The number of carbonyl (C=O) groups is 1. The molecule has 0 radical (unpaired) electrons. The second-order valence-corrected chi connectivity index (χ2v) is 5.97. The summed E-state index contributed by atoms with van der Waals surface area (Å²) in [6.07, 6.45) is 5.45. The van der Waals surface area contributed by atoms with Crippen LogP contribution in [0.25, 0.3) is 0 Å². The number of piperidine rings is 1. The highest BCUT2D eigenvalue weighted by atomic mass is 16.3. The Morgan fingerprint density at radius 3 is 2.59 bits per heavy atom. The lowest BCUT2D eigenvalue weighted by molar-refractivity contribution is -0.142. The number of amides is 1. The number of nitrogens with two attached hydrogens (primary N) is 1. The highest BCUT2D eigenvalue weighted by Crippen LogP contribution is 2.28. The lowest BCUT2D eigenvalue weighted by atomic mass is 9.84. The van der Waals surface area contributed by atoms with E-state index in [4.69, 9.17) is 5.73 Å². The first-order chi connectivity index (χ1) is 7.98. The van der Waals surface area contributed by atoms with Gasteiger partial charge in [-0.05, 0) is 45.4 Å². The van der Waals surface area contributed by atoms with Gasteiger partial charge in [0.25, 0.3) is 0 Å². The van der Waals surface area contributed by atoms with E-state index in [0.717, 1.165) is 45.1 Å². The minimum Gasteiger partial charge on any atom is -0.388 e. The van der Waals surface area contributed by atoms with Gasteiger partial charge in [0, 0.05) is 25.0 Å². The molecule has 1 unspecified atom stereocenters. The lowest BCUT2D eigenvalue weighted by Crippen LogP contribution is -2.50. The summed E-state index contributed by atoms with van der Waals surface area (Å²) < 4.78 is 0. The van der Waals surface area contributed by atoms with Gasteiger partial charge in [-0.3, -0.25) is 4.79 Å². The fraction of sp³-hybridized carbons (Fsp3) is 0.923. The summed E-state index contributed by atoms with van der Waals surface area (Å²) in [7, 11) is 0. The minimum atomic E-state index is -0.695. The molecule has 98 valence electrons. The lowest BCUT2D eigenvalue weighted by Gasteiger charge is -2.39. The van der Waals surface area contributed by atoms with Crippen molar-refractivity contribution in [3.8, 4) is 0 Å². The van der Waals surface area contributed by atoms with Gasteiger partial charge >= 0.3 is 0 Å². The first-order valence-corrected chi connectivity index (χ1v) is 6.75. The number of hydrogen-bond acceptors (Lipinski definition) is 3. The molecule has 1 aliphatic heterocycles.